The van der Waals surface area contributed by atoms with E-state index < -0.39 is 0 Å². The van der Waals surface area contributed by atoms with Crippen LogP contribution in [0, 0.1) is 3.57 Å². The predicted molar refractivity (Wildman–Crippen MR) is 92.4 cm³/mol. The summed E-state index contributed by atoms with van der Waals surface area (Å²) in [7, 11) is 1.92. The van der Waals surface area contributed by atoms with Gasteiger partial charge in [0.25, 0.3) is 0 Å². The van der Waals surface area contributed by atoms with Gasteiger partial charge in [0.05, 0.1) is 21.0 Å². The first-order valence-electron chi connectivity index (χ1n) is 7.51. The van der Waals surface area contributed by atoms with Crippen molar-refractivity contribution in [1.82, 2.24) is 19.7 Å². The minimum Gasteiger partial charge on any atom is -0.372 e. The van der Waals surface area contributed by atoms with Crippen LogP contribution in [-0.2, 0) is 6.54 Å². The Hall–Kier alpha value is -1.18. The van der Waals surface area contributed by atoms with Gasteiger partial charge in [-0.2, -0.15) is 5.10 Å². The third-order valence-electron chi connectivity index (χ3n) is 4.07. The third-order valence-corrected chi connectivity index (χ3v) is 5.13. The summed E-state index contributed by atoms with van der Waals surface area (Å²) in [5.41, 5.74) is 2.19. The number of hydrogen-bond donors (Lipinski definition) is 1. The number of aryl methyl sites for hydroxylation is 1. The molecule has 112 valence electrons. The second-order valence-electron chi connectivity index (χ2n) is 5.41. The highest BCUT2D eigenvalue weighted by Crippen LogP contribution is 2.37. The van der Waals surface area contributed by atoms with E-state index in [1.54, 1.807) is 0 Å². The largest absolute Gasteiger partial charge is 0.372 e. The maximum atomic E-state index is 4.87. The molecular weight excluding hydrogens is 377 g/mol. The van der Waals surface area contributed by atoms with E-state index in [4.69, 9.17) is 4.98 Å². The molecule has 0 aliphatic heterocycles. The molecule has 2 heterocycles. The Bertz CT molecular complexity index is 631. The van der Waals surface area contributed by atoms with Gasteiger partial charge in [0.1, 0.15) is 5.82 Å². The fourth-order valence-electron chi connectivity index (χ4n) is 2.88. The highest BCUT2D eigenvalue weighted by atomic mass is 127. The van der Waals surface area contributed by atoms with Crippen molar-refractivity contribution >= 4 is 28.4 Å². The van der Waals surface area contributed by atoms with Crippen molar-refractivity contribution in [3.05, 3.63) is 21.7 Å². The van der Waals surface area contributed by atoms with Crippen LogP contribution in [-0.4, -0.2) is 26.8 Å². The van der Waals surface area contributed by atoms with Gasteiger partial charge in [0.2, 0.25) is 0 Å². The molecule has 0 spiro atoms. The molecule has 0 atom stereocenters. The van der Waals surface area contributed by atoms with Crippen molar-refractivity contribution in [3.8, 4) is 11.4 Å². The third kappa shape index (κ3) is 2.90. The molecule has 2 aromatic rings. The van der Waals surface area contributed by atoms with Crippen molar-refractivity contribution in [2.45, 2.75) is 45.1 Å². The molecule has 2 aromatic heterocycles. The maximum Gasteiger partial charge on any atom is 0.165 e. The van der Waals surface area contributed by atoms with Crippen LogP contribution in [0.15, 0.2) is 12.4 Å². The molecule has 1 N–H and O–H groups in total. The average Bonchev–Trinajstić information content (AvgIpc) is 3.18. The van der Waals surface area contributed by atoms with E-state index in [0.717, 1.165) is 27.3 Å². The minimum atomic E-state index is 0.576. The van der Waals surface area contributed by atoms with Crippen molar-refractivity contribution in [2.75, 3.05) is 12.4 Å². The first-order valence-corrected chi connectivity index (χ1v) is 8.58. The highest BCUT2D eigenvalue weighted by molar-refractivity contribution is 14.1. The van der Waals surface area contributed by atoms with Gasteiger partial charge in [-0.25, -0.2) is 9.97 Å². The molecule has 1 aliphatic rings. The van der Waals surface area contributed by atoms with E-state index >= 15 is 0 Å². The summed E-state index contributed by atoms with van der Waals surface area (Å²) in [6.07, 6.45) is 8.96. The standard InChI is InChI=1S/C15H20IN5/c1-3-21-9-11(8-18-21)14-19-13(10-6-4-5-7-10)12(16)15(17-2)20-14/h8-10H,3-7H2,1-2H3,(H,17,19,20). The second-order valence-corrected chi connectivity index (χ2v) is 6.49. The van der Waals surface area contributed by atoms with Gasteiger partial charge in [-0.1, -0.05) is 12.8 Å². The fraction of sp³-hybridized carbons (Fsp3) is 0.533. The van der Waals surface area contributed by atoms with Crippen LogP contribution in [0.4, 0.5) is 5.82 Å². The molecule has 0 amide bonds. The maximum absolute atomic E-state index is 4.87. The van der Waals surface area contributed by atoms with Crippen molar-refractivity contribution in [1.29, 1.82) is 0 Å². The summed E-state index contributed by atoms with van der Waals surface area (Å²) < 4.78 is 3.07. The van der Waals surface area contributed by atoms with Crippen LogP contribution < -0.4 is 5.32 Å². The second kappa shape index (κ2) is 6.29. The molecule has 21 heavy (non-hydrogen) atoms. The van der Waals surface area contributed by atoms with Crippen LogP contribution in [0.2, 0.25) is 0 Å². The SMILES string of the molecule is CCn1cc(-c2nc(NC)c(I)c(C3CCCC3)n2)cn1. The number of halogens is 1. The van der Waals surface area contributed by atoms with E-state index in [0.29, 0.717) is 5.92 Å². The number of hydrogen-bond acceptors (Lipinski definition) is 4. The van der Waals surface area contributed by atoms with Crippen LogP contribution in [0.5, 0.6) is 0 Å². The van der Waals surface area contributed by atoms with E-state index in [-0.39, 0.29) is 0 Å². The average molecular weight is 397 g/mol. The Labute approximate surface area is 138 Å². The summed E-state index contributed by atoms with van der Waals surface area (Å²) in [4.78, 5) is 9.53. The minimum absolute atomic E-state index is 0.576. The molecule has 1 aliphatic carbocycles. The predicted octanol–water partition coefficient (Wildman–Crippen LogP) is 3.66. The van der Waals surface area contributed by atoms with Crippen LogP contribution in [0.1, 0.15) is 44.2 Å². The van der Waals surface area contributed by atoms with Gasteiger partial charge in [0, 0.05) is 25.7 Å². The van der Waals surface area contributed by atoms with E-state index in [2.05, 4.69) is 44.9 Å². The van der Waals surface area contributed by atoms with Crippen molar-refractivity contribution in [2.24, 2.45) is 0 Å². The number of rotatable bonds is 4. The van der Waals surface area contributed by atoms with Gasteiger partial charge in [-0.05, 0) is 42.4 Å². The topological polar surface area (TPSA) is 55.6 Å². The van der Waals surface area contributed by atoms with Crippen molar-refractivity contribution < 1.29 is 0 Å². The Kier molecular flexibility index (Phi) is 4.42. The van der Waals surface area contributed by atoms with Crippen LogP contribution in [0.3, 0.4) is 0 Å². The van der Waals surface area contributed by atoms with Gasteiger partial charge >= 0.3 is 0 Å². The first-order chi connectivity index (χ1) is 10.2. The summed E-state index contributed by atoms with van der Waals surface area (Å²) >= 11 is 2.37. The lowest BCUT2D eigenvalue weighted by molar-refractivity contribution is 0.660. The lowest BCUT2D eigenvalue weighted by Crippen LogP contribution is -2.08. The quantitative estimate of drug-likeness (QED) is 0.801. The van der Waals surface area contributed by atoms with E-state index in [9.17, 15) is 0 Å². The molecule has 6 heteroatoms. The van der Waals surface area contributed by atoms with Crippen molar-refractivity contribution in [3.63, 3.8) is 0 Å². The molecule has 5 nitrogen and oxygen atoms in total. The molecule has 1 fully saturated rings. The normalized spacial score (nSPS) is 15.6. The van der Waals surface area contributed by atoms with Gasteiger partial charge in [-0.3, -0.25) is 4.68 Å². The lowest BCUT2D eigenvalue weighted by Gasteiger charge is -2.15. The Morgan fingerprint density at radius 2 is 2.10 bits per heavy atom. The molecule has 0 saturated heterocycles. The molecule has 0 radical (unpaired) electrons. The molecular formula is C15H20IN5. The Morgan fingerprint density at radius 1 is 1.33 bits per heavy atom. The number of aromatic nitrogens is 4. The van der Waals surface area contributed by atoms with Crippen LogP contribution in [0.25, 0.3) is 11.4 Å². The lowest BCUT2D eigenvalue weighted by atomic mass is 10.0. The number of nitrogens with one attached hydrogen (secondary N) is 1. The van der Waals surface area contributed by atoms with Crippen LogP contribution >= 0.6 is 22.6 Å². The van der Waals surface area contributed by atoms with Gasteiger partial charge in [0.15, 0.2) is 5.82 Å². The highest BCUT2D eigenvalue weighted by Gasteiger charge is 2.24. The van der Waals surface area contributed by atoms with Gasteiger partial charge < -0.3 is 5.32 Å². The van der Waals surface area contributed by atoms with Gasteiger partial charge in [-0.15, -0.1) is 0 Å². The van der Waals surface area contributed by atoms with E-state index in [1.165, 1.54) is 31.4 Å². The molecule has 0 unspecified atom stereocenters. The molecule has 0 aromatic carbocycles. The zero-order valence-electron chi connectivity index (χ0n) is 12.4. The Morgan fingerprint density at radius 3 is 2.71 bits per heavy atom. The zero-order chi connectivity index (χ0) is 14.8. The monoisotopic (exact) mass is 397 g/mol. The number of anilines is 1. The summed E-state index contributed by atoms with van der Waals surface area (Å²) in [6.45, 7) is 2.94. The first kappa shape index (κ1) is 14.7. The smallest absolute Gasteiger partial charge is 0.165 e. The summed E-state index contributed by atoms with van der Waals surface area (Å²) in [6, 6.07) is 0. The van der Waals surface area contributed by atoms with E-state index in [1.807, 2.05) is 24.1 Å². The molecule has 3 rings (SSSR count). The molecule has 0 bridgehead atoms. The summed E-state index contributed by atoms with van der Waals surface area (Å²) in [5, 5.41) is 7.53. The zero-order valence-corrected chi connectivity index (χ0v) is 14.6. The fourth-order valence-corrected chi connectivity index (χ4v) is 3.83. The number of nitrogens with zero attached hydrogens (tertiary/aromatic N) is 4. The Balaban J connectivity index is 2.05. The molecule has 1 saturated carbocycles. The summed E-state index contributed by atoms with van der Waals surface area (Å²) in [5.74, 6) is 2.28.